The second-order valence-electron chi connectivity index (χ2n) is 4.66. The summed E-state index contributed by atoms with van der Waals surface area (Å²) < 4.78 is 0. The maximum Gasteiger partial charge on any atom is 0.159 e. The number of nitrogens with zero attached hydrogens (tertiary/aromatic N) is 2. The molecule has 0 unspecified atom stereocenters. The lowest BCUT2D eigenvalue weighted by Crippen LogP contribution is -1.97. The Labute approximate surface area is 101 Å². The molecule has 0 bridgehead atoms. The van der Waals surface area contributed by atoms with Crippen LogP contribution < -0.4 is 5.73 Å². The third kappa shape index (κ3) is 2.13. The van der Waals surface area contributed by atoms with Gasteiger partial charge in [-0.1, -0.05) is 12.1 Å². The van der Waals surface area contributed by atoms with Crippen molar-refractivity contribution >= 4 is 5.69 Å². The molecular weight excluding hydrogens is 210 g/mol. The molecule has 2 aromatic rings. The molecule has 2 N–H and O–H groups in total. The summed E-state index contributed by atoms with van der Waals surface area (Å²) in [5.41, 5.74) is 9.74. The number of hydrogen-bond donors (Lipinski definition) is 1. The number of aryl methyl sites for hydroxylation is 1. The van der Waals surface area contributed by atoms with Gasteiger partial charge in [-0.15, -0.1) is 0 Å². The SMILES string of the molecule is Cc1cc(C2CC2)nc(-c2cccc(N)c2)n1. The summed E-state index contributed by atoms with van der Waals surface area (Å²) in [7, 11) is 0. The van der Waals surface area contributed by atoms with E-state index in [4.69, 9.17) is 5.73 Å². The van der Waals surface area contributed by atoms with E-state index >= 15 is 0 Å². The first-order chi connectivity index (χ1) is 8.22. The largest absolute Gasteiger partial charge is 0.399 e. The van der Waals surface area contributed by atoms with Crippen LogP contribution >= 0.6 is 0 Å². The monoisotopic (exact) mass is 225 g/mol. The molecular formula is C14H15N3. The average molecular weight is 225 g/mol. The summed E-state index contributed by atoms with van der Waals surface area (Å²) in [6, 6.07) is 9.83. The summed E-state index contributed by atoms with van der Waals surface area (Å²) in [4.78, 5) is 9.13. The van der Waals surface area contributed by atoms with Crippen molar-refractivity contribution in [3.8, 4) is 11.4 Å². The van der Waals surface area contributed by atoms with E-state index in [2.05, 4.69) is 16.0 Å². The van der Waals surface area contributed by atoms with E-state index < -0.39 is 0 Å². The zero-order valence-electron chi connectivity index (χ0n) is 9.85. The number of benzene rings is 1. The predicted octanol–water partition coefficient (Wildman–Crippen LogP) is 2.91. The van der Waals surface area contributed by atoms with Gasteiger partial charge >= 0.3 is 0 Å². The molecule has 3 nitrogen and oxygen atoms in total. The molecule has 0 aliphatic heterocycles. The quantitative estimate of drug-likeness (QED) is 0.799. The zero-order valence-corrected chi connectivity index (χ0v) is 9.85. The lowest BCUT2D eigenvalue weighted by atomic mass is 10.1. The van der Waals surface area contributed by atoms with Gasteiger partial charge < -0.3 is 5.73 Å². The molecule has 0 saturated heterocycles. The highest BCUT2D eigenvalue weighted by atomic mass is 14.9. The van der Waals surface area contributed by atoms with Crippen molar-refractivity contribution in [2.24, 2.45) is 0 Å². The molecule has 1 saturated carbocycles. The molecule has 1 aliphatic rings. The van der Waals surface area contributed by atoms with Crippen LogP contribution in [0.25, 0.3) is 11.4 Å². The fourth-order valence-electron chi connectivity index (χ4n) is 1.99. The van der Waals surface area contributed by atoms with Gasteiger partial charge in [0.15, 0.2) is 5.82 Å². The van der Waals surface area contributed by atoms with Crippen LogP contribution in [-0.2, 0) is 0 Å². The van der Waals surface area contributed by atoms with Crippen LogP contribution in [0.2, 0.25) is 0 Å². The van der Waals surface area contributed by atoms with Gasteiger partial charge in [0.05, 0.1) is 0 Å². The van der Waals surface area contributed by atoms with E-state index in [1.54, 1.807) is 0 Å². The summed E-state index contributed by atoms with van der Waals surface area (Å²) in [6.07, 6.45) is 2.51. The van der Waals surface area contributed by atoms with E-state index in [-0.39, 0.29) is 0 Å². The molecule has 3 heteroatoms. The molecule has 3 rings (SSSR count). The summed E-state index contributed by atoms with van der Waals surface area (Å²) in [5.74, 6) is 1.44. The van der Waals surface area contributed by atoms with Gasteiger partial charge in [0, 0.05) is 28.6 Å². The summed E-state index contributed by atoms with van der Waals surface area (Å²) >= 11 is 0. The Kier molecular flexibility index (Phi) is 2.32. The molecule has 1 aliphatic carbocycles. The minimum Gasteiger partial charge on any atom is -0.399 e. The van der Waals surface area contributed by atoms with Gasteiger partial charge in [-0.2, -0.15) is 0 Å². The fraction of sp³-hybridized carbons (Fsp3) is 0.286. The van der Waals surface area contributed by atoms with E-state index in [9.17, 15) is 0 Å². The van der Waals surface area contributed by atoms with E-state index in [1.165, 1.54) is 18.5 Å². The molecule has 17 heavy (non-hydrogen) atoms. The van der Waals surface area contributed by atoms with Crippen LogP contribution in [0.15, 0.2) is 30.3 Å². The lowest BCUT2D eigenvalue weighted by molar-refractivity contribution is 0.973. The van der Waals surface area contributed by atoms with Crippen LogP contribution in [0.4, 0.5) is 5.69 Å². The molecule has 1 heterocycles. The standard InChI is InChI=1S/C14H15N3/c1-9-7-13(10-5-6-10)17-14(16-9)11-3-2-4-12(15)8-11/h2-4,7-8,10H,5-6,15H2,1H3. The van der Waals surface area contributed by atoms with Crippen LogP contribution in [-0.4, -0.2) is 9.97 Å². The third-order valence-electron chi connectivity index (χ3n) is 3.01. The zero-order chi connectivity index (χ0) is 11.8. The molecule has 1 aromatic carbocycles. The van der Waals surface area contributed by atoms with Gasteiger partial charge in [0.1, 0.15) is 0 Å². The molecule has 0 spiro atoms. The summed E-state index contributed by atoms with van der Waals surface area (Å²) in [6.45, 7) is 2.02. The molecule has 1 fully saturated rings. The maximum atomic E-state index is 5.79. The molecule has 0 amide bonds. The van der Waals surface area contributed by atoms with Crippen molar-refractivity contribution in [2.75, 3.05) is 5.73 Å². The van der Waals surface area contributed by atoms with Crippen LogP contribution in [0.1, 0.15) is 30.1 Å². The number of anilines is 1. The topological polar surface area (TPSA) is 51.8 Å². The number of aromatic nitrogens is 2. The van der Waals surface area contributed by atoms with Crippen molar-refractivity contribution in [1.29, 1.82) is 0 Å². The fourth-order valence-corrected chi connectivity index (χ4v) is 1.99. The number of nitrogen functional groups attached to an aromatic ring is 1. The first-order valence-electron chi connectivity index (χ1n) is 5.94. The van der Waals surface area contributed by atoms with Crippen molar-refractivity contribution in [3.63, 3.8) is 0 Å². The minimum absolute atomic E-state index is 0.650. The van der Waals surface area contributed by atoms with E-state index in [0.717, 1.165) is 22.8 Å². The number of nitrogens with two attached hydrogens (primary N) is 1. The van der Waals surface area contributed by atoms with Crippen molar-refractivity contribution in [2.45, 2.75) is 25.7 Å². The van der Waals surface area contributed by atoms with Gasteiger partial charge in [0.2, 0.25) is 0 Å². The Morgan fingerprint density at radius 1 is 1.18 bits per heavy atom. The second-order valence-corrected chi connectivity index (χ2v) is 4.66. The molecule has 86 valence electrons. The first kappa shape index (κ1) is 10.3. The molecule has 0 radical (unpaired) electrons. The van der Waals surface area contributed by atoms with Gasteiger partial charge in [0.25, 0.3) is 0 Å². The normalized spacial score (nSPS) is 14.9. The Morgan fingerprint density at radius 3 is 2.71 bits per heavy atom. The Hall–Kier alpha value is -1.90. The smallest absolute Gasteiger partial charge is 0.159 e. The van der Waals surface area contributed by atoms with E-state index in [1.807, 2.05) is 31.2 Å². The molecule has 0 atom stereocenters. The Balaban J connectivity index is 2.07. The van der Waals surface area contributed by atoms with Crippen LogP contribution in [0.3, 0.4) is 0 Å². The third-order valence-corrected chi connectivity index (χ3v) is 3.01. The van der Waals surface area contributed by atoms with E-state index in [0.29, 0.717) is 5.92 Å². The first-order valence-corrected chi connectivity index (χ1v) is 5.94. The lowest BCUT2D eigenvalue weighted by Gasteiger charge is -2.05. The Morgan fingerprint density at radius 2 is 2.00 bits per heavy atom. The maximum absolute atomic E-state index is 5.79. The van der Waals surface area contributed by atoms with Crippen LogP contribution in [0, 0.1) is 6.92 Å². The molecule has 1 aromatic heterocycles. The van der Waals surface area contributed by atoms with Crippen molar-refractivity contribution in [1.82, 2.24) is 9.97 Å². The highest BCUT2D eigenvalue weighted by Crippen LogP contribution is 2.39. The van der Waals surface area contributed by atoms with Gasteiger partial charge in [-0.3, -0.25) is 0 Å². The number of hydrogen-bond acceptors (Lipinski definition) is 3. The Bertz CT molecular complexity index is 559. The van der Waals surface area contributed by atoms with Gasteiger partial charge in [-0.25, -0.2) is 9.97 Å². The highest BCUT2D eigenvalue weighted by Gasteiger charge is 2.25. The second kappa shape index (κ2) is 3.84. The predicted molar refractivity (Wildman–Crippen MR) is 68.6 cm³/mol. The van der Waals surface area contributed by atoms with Crippen LogP contribution in [0.5, 0.6) is 0 Å². The van der Waals surface area contributed by atoms with Crippen molar-refractivity contribution < 1.29 is 0 Å². The average Bonchev–Trinajstić information content (AvgIpc) is 3.12. The van der Waals surface area contributed by atoms with Gasteiger partial charge in [-0.05, 0) is 38.0 Å². The minimum atomic E-state index is 0.650. The van der Waals surface area contributed by atoms with Crippen molar-refractivity contribution in [3.05, 3.63) is 41.7 Å². The highest BCUT2D eigenvalue weighted by molar-refractivity contribution is 5.61. The number of rotatable bonds is 2. The summed E-state index contributed by atoms with van der Waals surface area (Å²) in [5, 5.41) is 0.